The molecule has 0 saturated carbocycles. The Kier molecular flexibility index (Phi) is 3.31. The van der Waals surface area contributed by atoms with Crippen molar-refractivity contribution in [3.63, 3.8) is 0 Å². The van der Waals surface area contributed by atoms with Gasteiger partial charge in [-0.15, -0.1) is 0 Å². The Morgan fingerprint density at radius 2 is 1.93 bits per heavy atom. The monoisotopic (exact) mass is 221 g/mol. The van der Waals surface area contributed by atoms with Crippen molar-refractivity contribution in [1.29, 1.82) is 0 Å². The van der Waals surface area contributed by atoms with Gasteiger partial charge in [-0.25, -0.2) is 4.79 Å². The average molecular weight is 221 g/mol. The molecule has 1 fully saturated rings. The second-order valence-corrected chi connectivity index (χ2v) is 3.61. The second-order valence-electron chi connectivity index (χ2n) is 3.61. The van der Waals surface area contributed by atoms with Crippen LogP contribution in [0.3, 0.4) is 0 Å². The fourth-order valence-corrected chi connectivity index (χ4v) is 1.81. The molecule has 0 aromatic heterocycles. The van der Waals surface area contributed by atoms with Crippen LogP contribution in [0.15, 0.2) is 0 Å². The zero-order valence-electron chi connectivity index (χ0n) is 8.13. The molecule has 0 aromatic carbocycles. The number of aliphatic carboxylic acids is 1. The van der Waals surface area contributed by atoms with E-state index in [4.69, 9.17) is 10.2 Å². The number of aliphatic hydroxyl groups excluding tert-OH is 1. The van der Waals surface area contributed by atoms with E-state index in [2.05, 4.69) is 0 Å². The molecule has 1 atom stereocenters. The van der Waals surface area contributed by atoms with Crippen molar-refractivity contribution < 1.29 is 30.3 Å². The third-order valence-corrected chi connectivity index (χ3v) is 2.64. The molecule has 0 spiro atoms. The first-order valence-electron chi connectivity index (χ1n) is 4.62. The molecule has 0 radical (unpaired) electrons. The molecular formula is C8H15NO6. The van der Waals surface area contributed by atoms with Crippen LogP contribution in [0.1, 0.15) is 12.8 Å². The van der Waals surface area contributed by atoms with Crippen LogP contribution in [0.5, 0.6) is 0 Å². The van der Waals surface area contributed by atoms with Gasteiger partial charge in [0.1, 0.15) is 0 Å². The number of piperidine rings is 1. The highest BCUT2D eigenvalue weighted by molar-refractivity contribution is 5.78. The number of nitrogens with zero attached hydrogens (tertiary/aromatic N) is 1. The molecule has 5 N–H and O–H groups in total. The fourth-order valence-electron chi connectivity index (χ4n) is 1.81. The molecule has 0 amide bonds. The lowest BCUT2D eigenvalue weighted by Crippen LogP contribution is -2.72. The highest BCUT2D eigenvalue weighted by Crippen LogP contribution is 2.33. The summed E-state index contributed by atoms with van der Waals surface area (Å²) in [6.45, 7) is -0.316. The van der Waals surface area contributed by atoms with Gasteiger partial charge in [0.25, 0.3) is 5.72 Å². The van der Waals surface area contributed by atoms with E-state index in [9.17, 15) is 20.1 Å². The first-order chi connectivity index (χ1) is 6.86. The maximum atomic E-state index is 10.9. The van der Waals surface area contributed by atoms with E-state index in [1.165, 1.54) is 0 Å². The zero-order chi connectivity index (χ0) is 11.7. The molecule has 1 saturated heterocycles. The van der Waals surface area contributed by atoms with E-state index in [1.54, 1.807) is 0 Å². The molecule has 1 rings (SSSR count). The van der Waals surface area contributed by atoms with Crippen molar-refractivity contribution >= 4 is 5.97 Å². The molecule has 0 bridgehead atoms. The molecular weight excluding hydrogens is 206 g/mol. The summed E-state index contributed by atoms with van der Waals surface area (Å²) in [6, 6.07) is 0. The Morgan fingerprint density at radius 1 is 1.33 bits per heavy atom. The number of carboxylic acids is 1. The van der Waals surface area contributed by atoms with Crippen molar-refractivity contribution in [3.8, 4) is 0 Å². The number of carboxylic acid groups (broad SMARTS) is 1. The number of β-amino-alcohol motifs (C(OH)–C–C–N with tert-alkyl or cyclic N) is 1. The van der Waals surface area contributed by atoms with E-state index >= 15 is 0 Å². The quantitative estimate of drug-likeness (QED) is 0.335. The Hall–Kier alpha value is -0.730. The van der Waals surface area contributed by atoms with Crippen molar-refractivity contribution in [3.05, 3.63) is 0 Å². The largest absolute Gasteiger partial charge is 0.478 e. The first kappa shape index (κ1) is 12.3. The highest BCUT2D eigenvalue weighted by atomic mass is 16.5. The van der Waals surface area contributed by atoms with Crippen LogP contribution in [0.4, 0.5) is 0 Å². The molecule has 1 aliphatic heterocycles. The Labute approximate surface area is 86.2 Å². The van der Waals surface area contributed by atoms with Crippen molar-refractivity contribution in [2.24, 2.45) is 0 Å². The summed E-state index contributed by atoms with van der Waals surface area (Å²) < 4.78 is 0. The Balaban J connectivity index is 3.02. The zero-order valence-corrected chi connectivity index (χ0v) is 8.13. The minimum absolute atomic E-state index is 0.133. The van der Waals surface area contributed by atoms with Gasteiger partial charge in [0.05, 0.1) is 6.61 Å². The average Bonchev–Trinajstić information content (AvgIpc) is 2.12. The van der Waals surface area contributed by atoms with E-state index in [-0.39, 0.29) is 26.1 Å². The summed E-state index contributed by atoms with van der Waals surface area (Å²) in [4.78, 5) is 11.8. The molecule has 0 aliphatic carbocycles. The lowest BCUT2D eigenvalue weighted by molar-refractivity contribution is -0.333. The van der Waals surface area contributed by atoms with Gasteiger partial charge in [0.15, 0.2) is 0 Å². The summed E-state index contributed by atoms with van der Waals surface area (Å²) in [7, 11) is 0. The smallest absolute Gasteiger partial charge is 0.357 e. The predicted octanol–water partition coefficient (Wildman–Crippen LogP) is -2.47. The van der Waals surface area contributed by atoms with Crippen molar-refractivity contribution in [1.82, 2.24) is 4.90 Å². The van der Waals surface area contributed by atoms with Crippen LogP contribution >= 0.6 is 0 Å². The molecule has 88 valence electrons. The topological polar surface area (TPSA) is 121 Å². The van der Waals surface area contributed by atoms with Gasteiger partial charge in [-0.2, -0.15) is 0 Å². The second kappa shape index (κ2) is 4.03. The van der Waals surface area contributed by atoms with Crippen molar-refractivity contribution in [2.45, 2.75) is 24.4 Å². The van der Waals surface area contributed by atoms with Crippen LogP contribution in [0.2, 0.25) is 0 Å². The maximum Gasteiger partial charge on any atom is 0.357 e. The van der Waals surface area contributed by atoms with Gasteiger partial charge in [0.2, 0.25) is 5.79 Å². The number of likely N-dealkylation sites (tertiary alicyclic amines) is 1. The van der Waals surface area contributed by atoms with Crippen LogP contribution < -0.4 is 0 Å². The minimum Gasteiger partial charge on any atom is -0.478 e. The van der Waals surface area contributed by atoms with Crippen LogP contribution in [-0.2, 0) is 4.79 Å². The van der Waals surface area contributed by atoms with Crippen LogP contribution in [0.25, 0.3) is 0 Å². The molecule has 1 unspecified atom stereocenters. The molecule has 0 aromatic rings. The molecule has 15 heavy (non-hydrogen) atoms. The normalized spacial score (nSPS) is 31.5. The number of hydrogen-bond acceptors (Lipinski definition) is 6. The van der Waals surface area contributed by atoms with Gasteiger partial charge in [-0.1, -0.05) is 0 Å². The molecule has 1 aliphatic rings. The van der Waals surface area contributed by atoms with E-state index in [1.807, 2.05) is 0 Å². The lowest BCUT2D eigenvalue weighted by Gasteiger charge is -2.47. The standard InChI is InChI=1S/C8H15NO6/c10-5-4-9-3-1-2-7(13,14)8(9,15)6(11)12/h10,13-15H,1-5H2,(H,11,12). The van der Waals surface area contributed by atoms with Gasteiger partial charge >= 0.3 is 5.97 Å². The van der Waals surface area contributed by atoms with E-state index in [0.29, 0.717) is 6.42 Å². The number of hydrogen-bond donors (Lipinski definition) is 5. The third-order valence-electron chi connectivity index (χ3n) is 2.64. The van der Waals surface area contributed by atoms with Gasteiger partial charge in [-0.05, 0) is 6.42 Å². The summed E-state index contributed by atoms with van der Waals surface area (Å²) in [5.74, 6) is -4.44. The van der Waals surface area contributed by atoms with Gasteiger partial charge < -0.3 is 25.5 Å². The molecule has 7 nitrogen and oxygen atoms in total. The Morgan fingerprint density at radius 3 is 2.40 bits per heavy atom. The lowest BCUT2D eigenvalue weighted by atomic mass is 9.91. The van der Waals surface area contributed by atoms with Crippen LogP contribution in [-0.4, -0.2) is 67.6 Å². The SMILES string of the molecule is O=C(O)C1(O)N(CCO)CCCC1(O)O. The summed E-state index contributed by atoms with van der Waals surface area (Å²) in [5.41, 5.74) is -2.76. The summed E-state index contributed by atoms with van der Waals surface area (Å²) in [6.07, 6.45) is 0.111. The Bertz CT molecular complexity index is 254. The first-order valence-corrected chi connectivity index (χ1v) is 4.62. The maximum absolute atomic E-state index is 10.9. The van der Waals surface area contributed by atoms with Gasteiger partial charge in [0, 0.05) is 19.5 Å². The van der Waals surface area contributed by atoms with E-state index in [0.717, 1.165) is 4.90 Å². The predicted molar refractivity (Wildman–Crippen MR) is 47.6 cm³/mol. The molecule has 1 heterocycles. The van der Waals surface area contributed by atoms with E-state index < -0.39 is 17.5 Å². The minimum atomic E-state index is -2.76. The molecule has 7 heteroatoms. The summed E-state index contributed by atoms with van der Waals surface area (Å²) >= 11 is 0. The number of carbonyl (C=O) groups is 1. The third kappa shape index (κ3) is 1.84. The number of rotatable bonds is 3. The summed E-state index contributed by atoms with van der Waals surface area (Å²) in [5, 5.41) is 46.2. The van der Waals surface area contributed by atoms with Crippen LogP contribution in [0, 0.1) is 0 Å². The van der Waals surface area contributed by atoms with Gasteiger partial charge in [-0.3, -0.25) is 4.90 Å². The highest BCUT2D eigenvalue weighted by Gasteiger charge is 2.60. The number of aliphatic hydroxyl groups is 4. The fraction of sp³-hybridized carbons (Fsp3) is 0.875. The van der Waals surface area contributed by atoms with Crippen molar-refractivity contribution in [2.75, 3.05) is 19.7 Å².